The topological polar surface area (TPSA) is 65.0 Å². The molecule has 0 aliphatic rings. The first-order valence-corrected chi connectivity index (χ1v) is 11.9. The van der Waals surface area contributed by atoms with Gasteiger partial charge < -0.3 is 8.92 Å². The van der Waals surface area contributed by atoms with Crippen LogP contribution in [0.3, 0.4) is 0 Å². The SMILES string of the molecule is CCOc1cc(C=Nc2ccc(C)cc2)cc(I)c1OS(=O)(=O)c1ccc(C)cc1. The van der Waals surface area contributed by atoms with Gasteiger partial charge in [0.1, 0.15) is 4.90 Å². The van der Waals surface area contributed by atoms with Crippen molar-refractivity contribution in [2.24, 2.45) is 4.99 Å². The fourth-order valence-corrected chi connectivity index (χ4v) is 4.49. The molecule has 3 aromatic carbocycles. The van der Waals surface area contributed by atoms with Crippen molar-refractivity contribution >= 4 is 44.6 Å². The van der Waals surface area contributed by atoms with E-state index in [4.69, 9.17) is 8.92 Å². The lowest BCUT2D eigenvalue weighted by molar-refractivity contribution is 0.327. The van der Waals surface area contributed by atoms with E-state index in [2.05, 4.69) is 4.99 Å². The van der Waals surface area contributed by atoms with Gasteiger partial charge in [-0.25, -0.2) is 0 Å². The van der Waals surface area contributed by atoms with E-state index in [1.54, 1.807) is 30.5 Å². The molecule has 0 spiro atoms. The minimum Gasteiger partial charge on any atom is -0.490 e. The monoisotopic (exact) mass is 535 g/mol. The number of aliphatic imine (C=N–C) groups is 1. The number of hydrogen-bond acceptors (Lipinski definition) is 5. The highest BCUT2D eigenvalue weighted by molar-refractivity contribution is 14.1. The molecule has 0 fully saturated rings. The molecule has 0 N–H and O–H groups in total. The molecule has 0 aliphatic heterocycles. The zero-order chi connectivity index (χ0) is 21.7. The van der Waals surface area contributed by atoms with Crippen LogP contribution in [0.4, 0.5) is 5.69 Å². The number of benzene rings is 3. The maximum absolute atomic E-state index is 12.7. The normalized spacial score (nSPS) is 11.6. The van der Waals surface area contributed by atoms with E-state index in [0.29, 0.717) is 15.9 Å². The van der Waals surface area contributed by atoms with Crippen molar-refractivity contribution in [3.63, 3.8) is 0 Å². The van der Waals surface area contributed by atoms with Crippen LogP contribution in [0, 0.1) is 17.4 Å². The Bertz CT molecular complexity index is 1160. The predicted molar refractivity (Wildman–Crippen MR) is 128 cm³/mol. The van der Waals surface area contributed by atoms with Crippen molar-refractivity contribution in [2.45, 2.75) is 25.7 Å². The van der Waals surface area contributed by atoms with Gasteiger partial charge in [-0.15, -0.1) is 0 Å². The first-order valence-electron chi connectivity index (χ1n) is 9.37. The van der Waals surface area contributed by atoms with E-state index in [9.17, 15) is 8.42 Å². The maximum Gasteiger partial charge on any atom is 0.339 e. The average Bonchev–Trinajstić information content (AvgIpc) is 2.70. The van der Waals surface area contributed by atoms with Crippen LogP contribution in [-0.2, 0) is 10.1 Å². The van der Waals surface area contributed by atoms with Crippen LogP contribution in [0.1, 0.15) is 23.6 Å². The van der Waals surface area contributed by atoms with Gasteiger partial charge in [-0.3, -0.25) is 4.99 Å². The molecule has 0 aromatic heterocycles. The van der Waals surface area contributed by atoms with E-state index >= 15 is 0 Å². The number of rotatable bonds is 7. The van der Waals surface area contributed by atoms with Crippen LogP contribution in [0.15, 0.2) is 70.6 Å². The second-order valence-corrected chi connectivity index (χ2v) is 9.42. The Balaban J connectivity index is 1.93. The zero-order valence-electron chi connectivity index (χ0n) is 16.9. The molecule has 7 heteroatoms. The Labute approximate surface area is 191 Å². The van der Waals surface area contributed by atoms with E-state index in [0.717, 1.165) is 16.8 Å². The summed E-state index contributed by atoms with van der Waals surface area (Å²) < 4.78 is 37.2. The summed E-state index contributed by atoms with van der Waals surface area (Å²) in [5, 5.41) is 0. The Morgan fingerprint density at radius 1 is 0.967 bits per heavy atom. The smallest absolute Gasteiger partial charge is 0.339 e. The number of hydrogen-bond donors (Lipinski definition) is 0. The fraction of sp³-hybridized carbons (Fsp3) is 0.174. The van der Waals surface area contributed by atoms with Crippen LogP contribution in [0.5, 0.6) is 11.5 Å². The number of aryl methyl sites for hydroxylation is 2. The Kier molecular flexibility index (Phi) is 7.14. The van der Waals surface area contributed by atoms with Gasteiger partial charge in [0.25, 0.3) is 0 Å². The second kappa shape index (κ2) is 9.61. The molecular formula is C23H22INO4S. The summed E-state index contributed by atoms with van der Waals surface area (Å²) >= 11 is 2.04. The Morgan fingerprint density at radius 2 is 1.57 bits per heavy atom. The lowest BCUT2D eigenvalue weighted by Gasteiger charge is -2.14. The van der Waals surface area contributed by atoms with Gasteiger partial charge >= 0.3 is 10.1 Å². The summed E-state index contributed by atoms with van der Waals surface area (Å²) in [5.74, 6) is 0.524. The second-order valence-electron chi connectivity index (χ2n) is 6.71. The molecule has 0 bridgehead atoms. The van der Waals surface area contributed by atoms with Crippen molar-refractivity contribution in [1.29, 1.82) is 0 Å². The minimum absolute atomic E-state index is 0.0939. The van der Waals surface area contributed by atoms with Gasteiger partial charge in [0.05, 0.1) is 15.9 Å². The van der Waals surface area contributed by atoms with Crippen LogP contribution >= 0.6 is 22.6 Å². The fourth-order valence-electron chi connectivity index (χ4n) is 2.65. The molecule has 0 atom stereocenters. The third-order valence-corrected chi connectivity index (χ3v) is 6.27. The molecule has 0 saturated carbocycles. The zero-order valence-corrected chi connectivity index (χ0v) is 19.9. The molecule has 30 heavy (non-hydrogen) atoms. The van der Waals surface area contributed by atoms with Crippen molar-refractivity contribution in [3.05, 3.63) is 80.9 Å². The quantitative estimate of drug-likeness (QED) is 0.217. The molecular weight excluding hydrogens is 513 g/mol. The van der Waals surface area contributed by atoms with Crippen molar-refractivity contribution in [3.8, 4) is 11.5 Å². The molecule has 0 unspecified atom stereocenters. The van der Waals surface area contributed by atoms with E-state index in [-0.39, 0.29) is 10.6 Å². The van der Waals surface area contributed by atoms with Gasteiger partial charge in [0.15, 0.2) is 11.5 Å². The molecule has 156 valence electrons. The third-order valence-electron chi connectivity index (χ3n) is 4.23. The highest BCUT2D eigenvalue weighted by Gasteiger charge is 2.22. The number of halogens is 1. The minimum atomic E-state index is -3.98. The Hall–Kier alpha value is -2.39. The molecule has 5 nitrogen and oxygen atoms in total. The molecule has 0 aliphatic carbocycles. The number of ether oxygens (including phenoxy) is 1. The predicted octanol–water partition coefficient (Wildman–Crippen LogP) is 5.83. The molecule has 3 aromatic rings. The lowest BCUT2D eigenvalue weighted by Crippen LogP contribution is -2.12. The maximum atomic E-state index is 12.7. The molecule has 3 rings (SSSR count). The summed E-state index contributed by atoms with van der Waals surface area (Å²) in [6.45, 7) is 6.12. The summed E-state index contributed by atoms with van der Waals surface area (Å²) in [7, 11) is -3.98. The summed E-state index contributed by atoms with van der Waals surface area (Å²) in [5.41, 5.74) is 3.74. The van der Waals surface area contributed by atoms with Crippen LogP contribution in [-0.4, -0.2) is 21.2 Å². The average molecular weight is 535 g/mol. The van der Waals surface area contributed by atoms with Gasteiger partial charge in [0, 0.05) is 6.21 Å². The third kappa shape index (κ3) is 5.60. The van der Waals surface area contributed by atoms with E-state index in [1.807, 2.05) is 67.6 Å². The van der Waals surface area contributed by atoms with Gasteiger partial charge in [0.2, 0.25) is 0 Å². The molecule has 0 saturated heterocycles. The van der Waals surface area contributed by atoms with Crippen LogP contribution in [0.2, 0.25) is 0 Å². The van der Waals surface area contributed by atoms with Crippen molar-refractivity contribution in [1.82, 2.24) is 0 Å². The lowest BCUT2D eigenvalue weighted by atomic mass is 10.2. The number of nitrogens with zero attached hydrogens (tertiary/aromatic N) is 1. The van der Waals surface area contributed by atoms with E-state index in [1.165, 1.54) is 17.7 Å². The molecule has 0 radical (unpaired) electrons. The van der Waals surface area contributed by atoms with Gasteiger partial charge in [-0.2, -0.15) is 8.42 Å². The Morgan fingerprint density at radius 3 is 2.17 bits per heavy atom. The van der Waals surface area contributed by atoms with Crippen LogP contribution in [0.25, 0.3) is 0 Å². The molecule has 0 heterocycles. The van der Waals surface area contributed by atoms with Gasteiger partial charge in [-0.05, 0) is 85.3 Å². The summed E-state index contributed by atoms with van der Waals surface area (Å²) in [6, 6.07) is 17.9. The first kappa shape index (κ1) is 22.3. The van der Waals surface area contributed by atoms with Crippen LogP contribution < -0.4 is 8.92 Å². The highest BCUT2D eigenvalue weighted by atomic mass is 127. The van der Waals surface area contributed by atoms with Gasteiger partial charge in [-0.1, -0.05) is 35.4 Å². The molecule has 0 amide bonds. The van der Waals surface area contributed by atoms with Crippen molar-refractivity contribution in [2.75, 3.05) is 6.61 Å². The van der Waals surface area contributed by atoms with E-state index < -0.39 is 10.1 Å². The largest absolute Gasteiger partial charge is 0.490 e. The standard InChI is InChI=1S/C23H22INO4S/c1-4-28-22-14-18(15-25-19-9-5-16(2)6-10-19)13-21(24)23(22)29-30(26,27)20-11-7-17(3)8-12-20/h5-15H,4H2,1-3H3. The first-order chi connectivity index (χ1) is 14.3. The summed E-state index contributed by atoms with van der Waals surface area (Å²) in [6.07, 6.45) is 1.72. The summed E-state index contributed by atoms with van der Waals surface area (Å²) in [4.78, 5) is 4.57. The highest BCUT2D eigenvalue weighted by Crippen LogP contribution is 2.36. The van der Waals surface area contributed by atoms with Crippen molar-refractivity contribution < 1.29 is 17.3 Å².